The number of nitrogens with one attached hydrogen (secondary N) is 2. The Morgan fingerprint density at radius 3 is 1.72 bits per heavy atom. The van der Waals surface area contributed by atoms with Crippen LogP contribution in [0.2, 0.25) is 0 Å². The van der Waals surface area contributed by atoms with E-state index in [9.17, 15) is 14.4 Å². The Kier molecular flexibility index (Phi) is 11.5. The van der Waals surface area contributed by atoms with Crippen molar-refractivity contribution in [3.05, 3.63) is 131 Å². The number of aryl methyl sites for hydroxylation is 1. The molecule has 0 aliphatic carbocycles. The molecule has 2 atom stereocenters. The van der Waals surface area contributed by atoms with Gasteiger partial charge >= 0.3 is 0 Å². The average Bonchev–Trinajstić information content (AvgIpc) is 3.09. The second kappa shape index (κ2) is 15.7. The van der Waals surface area contributed by atoms with Gasteiger partial charge in [0.1, 0.15) is 17.5 Å². The minimum atomic E-state index is -0.983. The molecule has 9 heteroatoms. The topological polar surface area (TPSA) is 123 Å². The van der Waals surface area contributed by atoms with Gasteiger partial charge in [-0.25, -0.2) is 0 Å². The highest BCUT2D eigenvalue weighted by molar-refractivity contribution is 5.91. The maximum absolute atomic E-state index is 14.0. The summed E-state index contributed by atoms with van der Waals surface area (Å²) in [6, 6.07) is 33.4. The molecule has 0 bridgehead atoms. The first kappa shape index (κ1) is 33.7. The zero-order valence-corrected chi connectivity index (χ0v) is 26.7. The summed E-state index contributed by atoms with van der Waals surface area (Å²) in [7, 11) is 4.73. The molecule has 4 rings (SSSR count). The number of carbonyl (C=O) groups excluding carboxylic acids is 3. The molecule has 0 saturated carbocycles. The molecule has 4 N–H and O–H groups in total. The molecule has 9 nitrogen and oxygen atoms in total. The van der Waals surface area contributed by atoms with Gasteiger partial charge < -0.3 is 25.4 Å². The number of carbonyl (C=O) groups is 3. The summed E-state index contributed by atoms with van der Waals surface area (Å²) in [6.07, 6.45) is 0.889. The monoisotopic (exact) mass is 622 g/mol. The van der Waals surface area contributed by atoms with Gasteiger partial charge in [-0.3, -0.25) is 19.7 Å². The lowest BCUT2D eigenvalue weighted by atomic mass is 9.76. The lowest BCUT2D eigenvalue weighted by molar-refractivity contribution is -0.138. The number of hydrogen-bond donors (Lipinski definition) is 3. The van der Waals surface area contributed by atoms with Gasteiger partial charge in [-0.2, -0.15) is 0 Å². The van der Waals surface area contributed by atoms with Gasteiger partial charge in [0, 0.05) is 7.05 Å². The van der Waals surface area contributed by atoms with E-state index in [2.05, 4.69) is 10.6 Å². The fourth-order valence-electron chi connectivity index (χ4n) is 5.60. The molecule has 0 saturated heterocycles. The van der Waals surface area contributed by atoms with Crippen molar-refractivity contribution in [2.75, 3.05) is 27.8 Å². The summed E-state index contributed by atoms with van der Waals surface area (Å²) in [4.78, 5) is 40.4. The van der Waals surface area contributed by atoms with Crippen molar-refractivity contribution >= 4 is 17.7 Å². The Labute approximate surface area is 270 Å². The molecule has 0 radical (unpaired) electrons. The zero-order valence-electron chi connectivity index (χ0n) is 26.7. The summed E-state index contributed by atoms with van der Waals surface area (Å²) in [5.41, 5.74) is 8.08. The molecule has 4 aromatic carbocycles. The molecule has 3 amide bonds. The van der Waals surface area contributed by atoms with Gasteiger partial charge in [0.05, 0.1) is 32.3 Å². The molecule has 0 aliphatic heterocycles. The highest BCUT2D eigenvalue weighted by Crippen LogP contribution is 2.38. The van der Waals surface area contributed by atoms with E-state index in [1.165, 1.54) is 11.9 Å². The molecule has 0 heterocycles. The van der Waals surface area contributed by atoms with Gasteiger partial charge in [0.2, 0.25) is 17.7 Å². The molecule has 0 fully saturated rings. The van der Waals surface area contributed by atoms with Gasteiger partial charge in [-0.05, 0) is 66.3 Å². The Balaban J connectivity index is 1.72. The van der Waals surface area contributed by atoms with Crippen LogP contribution in [0.5, 0.6) is 11.5 Å². The highest BCUT2D eigenvalue weighted by Gasteiger charge is 2.39. The van der Waals surface area contributed by atoms with E-state index in [0.717, 1.165) is 22.3 Å². The Bertz CT molecular complexity index is 1530. The van der Waals surface area contributed by atoms with E-state index >= 15 is 0 Å². The number of ether oxygens (including phenoxy) is 2. The molecule has 0 spiro atoms. The minimum absolute atomic E-state index is 0.254. The third-order valence-electron chi connectivity index (χ3n) is 8.03. The summed E-state index contributed by atoms with van der Waals surface area (Å²) < 4.78 is 10.9. The van der Waals surface area contributed by atoms with Crippen LogP contribution in [-0.4, -0.2) is 62.5 Å². The molecule has 0 aromatic heterocycles. The second-order valence-electron chi connectivity index (χ2n) is 11.2. The van der Waals surface area contributed by atoms with Crippen LogP contribution in [-0.2, 0) is 26.3 Å². The van der Waals surface area contributed by atoms with Crippen molar-refractivity contribution < 1.29 is 23.9 Å². The van der Waals surface area contributed by atoms with Crippen molar-refractivity contribution in [2.24, 2.45) is 5.73 Å². The summed E-state index contributed by atoms with van der Waals surface area (Å²) >= 11 is 0. The second-order valence-corrected chi connectivity index (χ2v) is 11.2. The third kappa shape index (κ3) is 8.11. The first-order chi connectivity index (χ1) is 22.2. The van der Waals surface area contributed by atoms with E-state index in [4.69, 9.17) is 15.2 Å². The maximum atomic E-state index is 14.0. The number of nitrogens with two attached hydrogens (primary N) is 1. The van der Waals surface area contributed by atoms with Gasteiger partial charge in [0.25, 0.3) is 0 Å². The first-order valence-electron chi connectivity index (χ1n) is 15.2. The van der Waals surface area contributed by atoms with Gasteiger partial charge in [-0.1, -0.05) is 84.9 Å². The number of rotatable bonds is 15. The minimum Gasteiger partial charge on any atom is -0.497 e. The smallest absolute Gasteiger partial charge is 0.245 e. The zero-order chi connectivity index (χ0) is 33.1. The van der Waals surface area contributed by atoms with Crippen LogP contribution < -0.4 is 25.8 Å². The molecule has 240 valence electrons. The molecule has 46 heavy (non-hydrogen) atoms. The van der Waals surface area contributed by atoms with Crippen LogP contribution in [0.25, 0.3) is 0 Å². The lowest BCUT2D eigenvalue weighted by Crippen LogP contribution is -2.57. The van der Waals surface area contributed by atoms with Gasteiger partial charge in [-0.15, -0.1) is 0 Å². The number of primary amides is 1. The fraction of sp³-hybridized carbons (Fsp3) is 0.270. The first-order valence-corrected chi connectivity index (χ1v) is 15.2. The maximum Gasteiger partial charge on any atom is 0.245 e. The lowest BCUT2D eigenvalue weighted by Gasteiger charge is -2.39. The van der Waals surface area contributed by atoms with Crippen LogP contribution >= 0.6 is 0 Å². The van der Waals surface area contributed by atoms with Crippen molar-refractivity contribution in [1.29, 1.82) is 0 Å². The van der Waals surface area contributed by atoms with Crippen LogP contribution in [0.4, 0.5) is 0 Å². The molecule has 0 unspecified atom stereocenters. The predicted octanol–water partition coefficient (Wildman–Crippen LogP) is 4.04. The average molecular weight is 623 g/mol. The third-order valence-corrected chi connectivity index (χ3v) is 8.03. The van der Waals surface area contributed by atoms with Crippen molar-refractivity contribution in [3.8, 4) is 11.5 Å². The number of nitrogens with zero attached hydrogens (tertiary/aromatic N) is 1. The largest absolute Gasteiger partial charge is 0.497 e. The number of amides is 3. The van der Waals surface area contributed by atoms with Crippen LogP contribution in [0.3, 0.4) is 0 Å². The normalized spacial score (nSPS) is 12.4. The molecule has 0 aliphatic rings. The van der Waals surface area contributed by atoms with E-state index < -0.39 is 29.4 Å². The summed E-state index contributed by atoms with van der Waals surface area (Å²) in [5, 5.41) is 6.61. The molecular formula is C37H42N4O5. The predicted molar refractivity (Wildman–Crippen MR) is 178 cm³/mol. The number of likely N-dealkylation sites (N-methyl/N-ethyl adjacent to an activating group) is 1. The molecular weight excluding hydrogens is 580 g/mol. The van der Waals surface area contributed by atoms with Crippen molar-refractivity contribution in [2.45, 2.75) is 37.4 Å². The summed E-state index contributed by atoms with van der Waals surface area (Å²) in [5.74, 6) is -0.000975. The van der Waals surface area contributed by atoms with E-state index in [1.807, 2.05) is 109 Å². The summed E-state index contributed by atoms with van der Waals surface area (Å²) in [6.45, 7) is 1.52. The number of benzene rings is 4. The van der Waals surface area contributed by atoms with Crippen LogP contribution in [0, 0.1) is 0 Å². The standard InChI is InChI=1S/C37H42N4O5/c1-26(35(43)39-33(36(44)41(2)25-34(38)42)24-15-27-11-7-5-8-12-27)40-37(28-13-9-6-10-14-28,29-16-20-31(45-3)21-17-29)30-18-22-32(46-4)23-19-30/h5-14,16-23,26,33,40H,15,24-25H2,1-4H3,(H2,38,42)(H,39,43)/t26-,33+/m1/s1. The Morgan fingerprint density at radius 2 is 1.24 bits per heavy atom. The quantitative estimate of drug-likeness (QED) is 0.172. The number of hydrogen-bond acceptors (Lipinski definition) is 6. The van der Waals surface area contributed by atoms with Gasteiger partial charge in [0.15, 0.2) is 0 Å². The van der Waals surface area contributed by atoms with Crippen LogP contribution in [0.15, 0.2) is 109 Å². The SMILES string of the molecule is COc1ccc(C(N[C@H](C)C(=O)N[C@@H](CCc2ccccc2)C(=O)N(C)CC(N)=O)(c2ccccc2)c2ccc(OC)cc2)cc1. The van der Waals surface area contributed by atoms with Crippen molar-refractivity contribution in [3.63, 3.8) is 0 Å². The fourth-order valence-corrected chi connectivity index (χ4v) is 5.60. The molecule has 4 aromatic rings. The highest BCUT2D eigenvalue weighted by atomic mass is 16.5. The number of methoxy groups -OCH3 is 2. The van der Waals surface area contributed by atoms with Crippen molar-refractivity contribution in [1.82, 2.24) is 15.5 Å². The van der Waals surface area contributed by atoms with E-state index in [-0.39, 0.29) is 12.5 Å². The Morgan fingerprint density at radius 1 is 0.761 bits per heavy atom. The van der Waals surface area contributed by atoms with E-state index in [0.29, 0.717) is 24.3 Å². The Hall–Kier alpha value is -5.15. The van der Waals surface area contributed by atoms with Crippen LogP contribution in [0.1, 0.15) is 35.6 Å². The van der Waals surface area contributed by atoms with E-state index in [1.54, 1.807) is 21.1 Å².